The highest BCUT2D eigenvalue weighted by Crippen LogP contribution is 2.30. The molecule has 0 atom stereocenters. The molecule has 0 heterocycles. The molecule has 19 heavy (non-hydrogen) atoms. The second-order valence-electron chi connectivity index (χ2n) is 3.97. The van der Waals surface area contributed by atoms with E-state index in [2.05, 4.69) is 15.9 Å². The summed E-state index contributed by atoms with van der Waals surface area (Å²) < 4.78 is 19.9. The van der Waals surface area contributed by atoms with E-state index in [1.54, 1.807) is 6.07 Å². The summed E-state index contributed by atoms with van der Waals surface area (Å²) in [5, 5.41) is 0.0729. The van der Waals surface area contributed by atoms with E-state index in [9.17, 15) is 4.39 Å². The second kappa shape index (κ2) is 6.37. The Morgan fingerprint density at radius 3 is 2.68 bits per heavy atom. The van der Waals surface area contributed by atoms with Gasteiger partial charge in [0, 0.05) is 10.5 Å². The zero-order chi connectivity index (χ0) is 13.8. The number of benzene rings is 2. The highest BCUT2D eigenvalue weighted by molar-refractivity contribution is 9.10. The molecule has 0 fully saturated rings. The number of nitrogens with two attached hydrogens (primary N) is 1. The summed E-state index contributed by atoms with van der Waals surface area (Å²) in [5.74, 6) is 0.550. The zero-order valence-corrected chi connectivity index (χ0v) is 12.3. The minimum absolute atomic E-state index is 0.0729. The molecule has 2 aromatic carbocycles. The van der Waals surface area contributed by atoms with Crippen LogP contribution in [0.15, 0.2) is 40.9 Å². The summed E-state index contributed by atoms with van der Waals surface area (Å²) in [6.07, 6.45) is 0.693. The first kappa shape index (κ1) is 14.3. The van der Waals surface area contributed by atoms with E-state index >= 15 is 0 Å². The summed E-state index contributed by atoms with van der Waals surface area (Å²) in [7, 11) is 0. The Bertz CT molecular complexity index is 592. The van der Waals surface area contributed by atoms with E-state index in [0.717, 1.165) is 10.0 Å². The number of halogens is 3. The molecule has 0 bridgehead atoms. The molecule has 0 aromatic heterocycles. The van der Waals surface area contributed by atoms with Gasteiger partial charge in [0.2, 0.25) is 0 Å². The predicted molar refractivity (Wildman–Crippen MR) is 78.4 cm³/mol. The molecule has 2 aromatic rings. The Hall–Kier alpha value is -1.10. The van der Waals surface area contributed by atoms with Crippen molar-refractivity contribution in [1.29, 1.82) is 0 Å². The molecule has 2 rings (SSSR count). The molecular formula is C14H12BrClFNO. The third-order valence-electron chi connectivity index (χ3n) is 2.56. The lowest BCUT2D eigenvalue weighted by molar-refractivity contribution is 0.470. The monoisotopic (exact) mass is 343 g/mol. The van der Waals surface area contributed by atoms with Crippen molar-refractivity contribution in [2.75, 3.05) is 6.54 Å². The lowest BCUT2D eigenvalue weighted by atomic mass is 10.1. The third-order valence-corrected chi connectivity index (χ3v) is 3.36. The molecule has 0 spiro atoms. The topological polar surface area (TPSA) is 35.2 Å². The Labute approximate surface area is 124 Å². The van der Waals surface area contributed by atoms with Gasteiger partial charge in [0.05, 0.1) is 5.02 Å². The Kier molecular flexibility index (Phi) is 4.80. The van der Waals surface area contributed by atoms with Gasteiger partial charge in [-0.3, -0.25) is 0 Å². The quantitative estimate of drug-likeness (QED) is 0.884. The standard InChI is InChI=1S/C14H12BrClFNO/c15-10-2-1-9(5-6-18)14(7-10)19-11-3-4-12(16)13(17)8-11/h1-4,7-8H,5-6,18H2. The van der Waals surface area contributed by atoms with Crippen LogP contribution in [0.25, 0.3) is 0 Å². The summed E-state index contributed by atoms with van der Waals surface area (Å²) in [6.45, 7) is 0.521. The minimum Gasteiger partial charge on any atom is -0.457 e. The van der Waals surface area contributed by atoms with Crippen molar-refractivity contribution >= 4 is 27.5 Å². The molecule has 5 heteroatoms. The first-order chi connectivity index (χ1) is 9.10. The van der Waals surface area contributed by atoms with E-state index in [1.807, 2.05) is 18.2 Å². The minimum atomic E-state index is -0.505. The van der Waals surface area contributed by atoms with Crippen LogP contribution in [-0.2, 0) is 6.42 Å². The van der Waals surface area contributed by atoms with E-state index in [4.69, 9.17) is 22.1 Å². The fourth-order valence-corrected chi connectivity index (χ4v) is 2.11. The average molecular weight is 345 g/mol. The van der Waals surface area contributed by atoms with Crippen LogP contribution in [0, 0.1) is 5.82 Å². The molecule has 100 valence electrons. The highest BCUT2D eigenvalue weighted by Gasteiger charge is 2.07. The molecule has 0 radical (unpaired) electrons. The maximum Gasteiger partial charge on any atom is 0.145 e. The first-order valence-electron chi connectivity index (χ1n) is 5.71. The lowest BCUT2D eigenvalue weighted by Gasteiger charge is -2.11. The Balaban J connectivity index is 2.30. The van der Waals surface area contributed by atoms with Crippen LogP contribution in [0.2, 0.25) is 5.02 Å². The molecule has 0 unspecified atom stereocenters. The van der Waals surface area contributed by atoms with Crippen molar-refractivity contribution in [3.8, 4) is 11.5 Å². The maximum absolute atomic E-state index is 13.4. The van der Waals surface area contributed by atoms with Gasteiger partial charge in [-0.25, -0.2) is 4.39 Å². The van der Waals surface area contributed by atoms with Crippen molar-refractivity contribution in [3.63, 3.8) is 0 Å². The molecule has 0 saturated carbocycles. The molecular weight excluding hydrogens is 333 g/mol. The highest BCUT2D eigenvalue weighted by atomic mass is 79.9. The molecule has 2 N–H and O–H groups in total. The van der Waals surface area contributed by atoms with Crippen LogP contribution >= 0.6 is 27.5 Å². The normalized spacial score (nSPS) is 10.5. The van der Waals surface area contributed by atoms with Crippen molar-refractivity contribution in [2.24, 2.45) is 5.73 Å². The maximum atomic E-state index is 13.4. The smallest absolute Gasteiger partial charge is 0.145 e. The molecule has 0 aliphatic rings. The SMILES string of the molecule is NCCc1ccc(Br)cc1Oc1ccc(Cl)c(F)c1. The number of ether oxygens (including phenoxy) is 1. The molecule has 0 saturated heterocycles. The molecule has 0 aliphatic carbocycles. The van der Waals surface area contributed by atoms with Gasteiger partial charge in [0.1, 0.15) is 17.3 Å². The van der Waals surface area contributed by atoms with Gasteiger partial charge in [-0.05, 0) is 42.8 Å². The van der Waals surface area contributed by atoms with Gasteiger partial charge < -0.3 is 10.5 Å². The lowest BCUT2D eigenvalue weighted by Crippen LogP contribution is -2.04. The van der Waals surface area contributed by atoms with Crippen LogP contribution < -0.4 is 10.5 Å². The largest absolute Gasteiger partial charge is 0.457 e. The van der Waals surface area contributed by atoms with Crippen molar-refractivity contribution in [2.45, 2.75) is 6.42 Å². The van der Waals surface area contributed by atoms with Crippen molar-refractivity contribution in [3.05, 3.63) is 57.3 Å². The van der Waals surface area contributed by atoms with Gasteiger partial charge in [0.15, 0.2) is 0 Å². The van der Waals surface area contributed by atoms with E-state index < -0.39 is 5.82 Å². The van der Waals surface area contributed by atoms with Gasteiger partial charge in [-0.15, -0.1) is 0 Å². The summed E-state index contributed by atoms with van der Waals surface area (Å²) in [4.78, 5) is 0. The Morgan fingerprint density at radius 2 is 2.00 bits per heavy atom. The fourth-order valence-electron chi connectivity index (χ4n) is 1.65. The fraction of sp³-hybridized carbons (Fsp3) is 0.143. The summed E-state index contributed by atoms with van der Waals surface area (Å²) in [5.41, 5.74) is 6.53. The third kappa shape index (κ3) is 3.69. The Morgan fingerprint density at radius 1 is 1.21 bits per heavy atom. The van der Waals surface area contributed by atoms with Crippen LogP contribution in [0.4, 0.5) is 4.39 Å². The van der Waals surface area contributed by atoms with Crippen LogP contribution in [0.5, 0.6) is 11.5 Å². The summed E-state index contributed by atoms with van der Waals surface area (Å²) in [6, 6.07) is 10.0. The van der Waals surface area contributed by atoms with Crippen LogP contribution in [-0.4, -0.2) is 6.54 Å². The summed E-state index contributed by atoms with van der Waals surface area (Å²) >= 11 is 9.02. The van der Waals surface area contributed by atoms with E-state index in [1.165, 1.54) is 12.1 Å². The predicted octanol–water partition coefficient (Wildman–Crippen LogP) is 4.54. The zero-order valence-electron chi connectivity index (χ0n) is 10.00. The molecule has 0 amide bonds. The second-order valence-corrected chi connectivity index (χ2v) is 5.29. The van der Waals surface area contributed by atoms with Crippen molar-refractivity contribution < 1.29 is 9.13 Å². The van der Waals surface area contributed by atoms with Crippen molar-refractivity contribution in [1.82, 2.24) is 0 Å². The van der Waals surface area contributed by atoms with Crippen LogP contribution in [0.3, 0.4) is 0 Å². The van der Waals surface area contributed by atoms with Gasteiger partial charge in [-0.1, -0.05) is 33.6 Å². The molecule has 0 aliphatic heterocycles. The van der Waals surface area contributed by atoms with Gasteiger partial charge in [0.25, 0.3) is 0 Å². The van der Waals surface area contributed by atoms with E-state index in [0.29, 0.717) is 24.5 Å². The number of hydrogen-bond donors (Lipinski definition) is 1. The van der Waals surface area contributed by atoms with E-state index in [-0.39, 0.29) is 5.02 Å². The number of hydrogen-bond acceptors (Lipinski definition) is 2. The van der Waals surface area contributed by atoms with Gasteiger partial charge >= 0.3 is 0 Å². The molecule has 2 nitrogen and oxygen atoms in total. The van der Waals surface area contributed by atoms with Crippen LogP contribution in [0.1, 0.15) is 5.56 Å². The van der Waals surface area contributed by atoms with Gasteiger partial charge in [-0.2, -0.15) is 0 Å². The first-order valence-corrected chi connectivity index (χ1v) is 6.88. The number of rotatable bonds is 4. The average Bonchev–Trinajstić information content (AvgIpc) is 2.37.